The minimum atomic E-state index is 0.522. The zero-order chi connectivity index (χ0) is 16.7. The molecular formula is C21H39N3. The molecule has 0 aromatic carbocycles. The molecule has 0 amide bonds. The van der Waals surface area contributed by atoms with Crippen molar-refractivity contribution in [3.05, 3.63) is 0 Å². The summed E-state index contributed by atoms with van der Waals surface area (Å²) in [4.78, 5) is 5.68. The first-order chi connectivity index (χ1) is 11.5. The Kier molecular flexibility index (Phi) is 4.96. The lowest BCUT2D eigenvalue weighted by Crippen LogP contribution is -2.52. The smallest absolute Gasteiger partial charge is 0.0221 e. The first kappa shape index (κ1) is 17.3. The second kappa shape index (κ2) is 6.89. The minimum Gasteiger partial charge on any atom is -0.315 e. The normalized spacial score (nSPS) is 40.1. The van der Waals surface area contributed by atoms with Gasteiger partial charge in [-0.15, -0.1) is 0 Å². The van der Waals surface area contributed by atoms with E-state index in [0.29, 0.717) is 5.41 Å². The van der Waals surface area contributed by atoms with E-state index < -0.39 is 0 Å². The quantitative estimate of drug-likeness (QED) is 0.837. The predicted molar refractivity (Wildman–Crippen MR) is 101 cm³/mol. The summed E-state index contributed by atoms with van der Waals surface area (Å²) < 4.78 is 0. The van der Waals surface area contributed by atoms with Crippen molar-refractivity contribution in [3.63, 3.8) is 0 Å². The summed E-state index contributed by atoms with van der Waals surface area (Å²) in [7, 11) is 0. The Morgan fingerprint density at radius 1 is 0.833 bits per heavy atom. The topological polar surface area (TPSA) is 18.5 Å². The highest BCUT2D eigenvalue weighted by atomic mass is 15.2. The van der Waals surface area contributed by atoms with E-state index >= 15 is 0 Å². The first-order valence-electron chi connectivity index (χ1n) is 10.7. The van der Waals surface area contributed by atoms with Gasteiger partial charge in [0.25, 0.3) is 0 Å². The molecule has 1 N–H and O–H groups in total. The number of piperidine rings is 2. The SMILES string of the molecule is CC(C)(C)C1CC2CN(C3CCN(C4CCCNC4)CC3)CC2C1. The van der Waals surface area contributed by atoms with E-state index in [-0.39, 0.29) is 0 Å². The lowest BCUT2D eigenvalue weighted by molar-refractivity contribution is 0.0793. The molecular weight excluding hydrogens is 294 g/mol. The van der Waals surface area contributed by atoms with Crippen molar-refractivity contribution in [2.45, 2.75) is 71.4 Å². The average molecular weight is 334 g/mol. The molecule has 1 aliphatic carbocycles. The Balaban J connectivity index is 1.25. The number of hydrogen-bond donors (Lipinski definition) is 1. The molecule has 3 heterocycles. The van der Waals surface area contributed by atoms with Gasteiger partial charge < -0.3 is 5.32 Å². The molecule has 4 fully saturated rings. The summed E-state index contributed by atoms with van der Waals surface area (Å²) in [5.74, 6) is 2.99. The maximum atomic E-state index is 3.59. The van der Waals surface area contributed by atoms with Gasteiger partial charge in [0.15, 0.2) is 0 Å². The number of nitrogens with one attached hydrogen (secondary N) is 1. The summed E-state index contributed by atoms with van der Waals surface area (Å²) in [5.41, 5.74) is 0.522. The highest BCUT2D eigenvalue weighted by molar-refractivity contribution is 4.98. The fourth-order valence-corrected chi connectivity index (χ4v) is 6.10. The number of fused-ring (bicyclic) bond motifs is 1. The van der Waals surface area contributed by atoms with Crippen LogP contribution in [0.3, 0.4) is 0 Å². The molecule has 4 aliphatic rings. The Hall–Kier alpha value is -0.120. The van der Waals surface area contributed by atoms with Crippen LogP contribution in [0.4, 0.5) is 0 Å². The summed E-state index contributed by atoms with van der Waals surface area (Å²) in [6, 6.07) is 1.71. The van der Waals surface area contributed by atoms with Crippen LogP contribution < -0.4 is 5.32 Å². The van der Waals surface area contributed by atoms with Gasteiger partial charge in [-0.3, -0.25) is 9.80 Å². The van der Waals surface area contributed by atoms with Crippen LogP contribution in [0.25, 0.3) is 0 Å². The number of hydrogen-bond acceptors (Lipinski definition) is 3. The summed E-state index contributed by atoms with van der Waals surface area (Å²) in [5, 5.41) is 3.59. The molecule has 3 atom stereocenters. The van der Waals surface area contributed by atoms with Crippen molar-refractivity contribution in [3.8, 4) is 0 Å². The summed E-state index contributed by atoms with van der Waals surface area (Å²) >= 11 is 0. The molecule has 24 heavy (non-hydrogen) atoms. The van der Waals surface area contributed by atoms with Gasteiger partial charge in [-0.05, 0) is 81.3 Å². The molecule has 0 aromatic heterocycles. The van der Waals surface area contributed by atoms with E-state index in [1.54, 1.807) is 0 Å². The van der Waals surface area contributed by atoms with Crippen molar-refractivity contribution in [1.82, 2.24) is 15.1 Å². The Morgan fingerprint density at radius 2 is 1.50 bits per heavy atom. The summed E-state index contributed by atoms with van der Waals surface area (Å²) in [6.07, 6.45) is 8.61. The summed E-state index contributed by atoms with van der Waals surface area (Å²) in [6.45, 7) is 15.3. The average Bonchev–Trinajstić information content (AvgIpc) is 3.14. The number of rotatable bonds is 2. The molecule has 3 unspecified atom stereocenters. The van der Waals surface area contributed by atoms with Crippen LogP contribution in [-0.2, 0) is 0 Å². The Bertz CT molecular complexity index is 401. The van der Waals surface area contributed by atoms with Gasteiger partial charge in [0.2, 0.25) is 0 Å². The predicted octanol–water partition coefficient (Wildman–Crippen LogP) is 3.21. The van der Waals surface area contributed by atoms with Gasteiger partial charge in [-0.2, -0.15) is 0 Å². The number of likely N-dealkylation sites (tertiary alicyclic amines) is 2. The molecule has 0 radical (unpaired) electrons. The largest absolute Gasteiger partial charge is 0.315 e. The first-order valence-corrected chi connectivity index (χ1v) is 10.7. The fourth-order valence-electron chi connectivity index (χ4n) is 6.10. The zero-order valence-corrected chi connectivity index (χ0v) is 16.3. The van der Waals surface area contributed by atoms with Crippen LogP contribution in [0.1, 0.15) is 59.3 Å². The Morgan fingerprint density at radius 3 is 2.04 bits per heavy atom. The third kappa shape index (κ3) is 3.54. The third-order valence-corrected chi connectivity index (χ3v) is 7.81. The van der Waals surface area contributed by atoms with E-state index in [9.17, 15) is 0 Å². The molecule has 3 saturated heterocycles. The van der Waals surface area contributed by atoms with Crippen molar-refractivity contribution >= 4 is 0 Å². The maximum Gasteiger partial charge on any atom is 0.0221 e. The van der Waals surface area contributed by atoms with E-state index in [1.165, 1.54) is 77.8 Å². The maximum absolute atomic E-state index is 3.59. The van der Waals surface area contributed by atoms with E-state index in [0.717, 1.165) is 29.8 Å². The molecule has 4 rings (SSSR count). The molecule has 3 nitrogen and oxygen atoms in total. The monoisotopic (exact) mass is 333 g/mol. The van der Waals surface area contributed by atoms with Crippen LogP contribution in [0.15, 0.2) is 0 Å². The van der Waals surface area contributed by atoms with E-state index in [2.05, 4.69) is 35.9 Å². The lowest BCUT2D eigenvalue weighted by atomic mass is 9.79. The van der Waals surface area contributed by atoms with E-state index in [1.807, 2.05) is 0 Å². The van der Waals surface area contributed by atoms with Crippen molar-refractivity contribution in [2.75, 3.05) is 39.3 Å². The Labute approximate surface area is 149 Å². The van der Waals surface area contributed by atoms with Crippen LogP contribution >= 0.6 is 0 Å². The molecule has 3 heteroatoms. The third-order valence-electron chi connectivity index (χ3n) is 7.81. The van der Waals surface area contributed by atoms with Crippen LogP contribution in [-0.4, -0.2) is 61.2 Å². The van der Waals surface area contributed by atoms with Gasteiger partial charge in [-0.1, -0.05) is 20.8 Å². The zero-order valence-electron chi connectivity index (χ0n) is 16.3. The van der Waals surface area contributed by atoms with Gasteiger partial charge >= 0.3 is 0 Å². The lowest BCUT2D eigenvalue weighted by Gasteiger charge is -2.42. The molecule has 0 bridgehead atoms. The number of nitrogens with zero attached hydrogens (tertiary/aromatic N) is 2. The van der Waals surface area contributed by atoms with Crippen LogP contribution in [0.5, 0.6) is 0 Å². The van der Waals surface area contributed by atoms with Gasteiger partial charge in [0, 0.05) is 31.7 Å². The molecule has 138 valence electrons. The van der Waals surface area contributed by atoms with Gasteiger partial charge in [0.05, 0.1) is 0 Å². The van der Waals surface area contributed by atoms with Crippen molar-refractivity contribution < 1.29 is 0 Å². The second-order valence-electron chi connectivity index (χ2n) is 10.3. The van der Waals surface area contributed by atoms with Gasteiger partial charge in [0.1, 0.15) is 0 Å². The second-order valence-corrected chi connectivity index (χ2v) is 10.3. The minimum absolute atomic E-state index is 0.522. The van der Waals surface area contributed by atoms with Crippen molar-refractivity contribution in [2.24, 2.45) is 23.2 Å². The highest BCUT2D eigenvalue weighted by Crippen LogP contribution is 2.49. The standard InChI is InChI=1S/C21H39N3/c1-21(2,3)18-11-16-14-24(15-17(16)12-18)19-6-9-23(10-7-19)20-5-4-8-22-13-20/h16-20,22H,4-15H2,1-3H3. The molecule has 0 aromatic rings. The van der Waals surface area contributed by atoms with Crippen LogP contribution in [0.2, 0.25) is 0 Å². The van der Waals surface area contributed by atoms with Crippen molar-refractivity contribution in [1.29, 1.82) is 0 Å². The van der Waals surface area contributed by atoms with E-state index in [4.69, 9.17) is 0 Å². The van der Waals surface area contributed by atoms with Crippen LogP contribution in [0, 0.1) is 23.2 Å². The van der Waals surface area contributed by atoms with Gasteiger partial charge in [-0.25, -0.2) is 0 Å². The molecule has 3 aliphatic heterocycles. The highest BCUT2D eigenvalue weighted by Gasteiger charge is 2.45. The molecule has 1 saturated carbocycles. The molecule has 0 spiro atoms. The fraction of sp³-hybridized carbons (Fsp3) is 1.00.